The molecular weight excluding hydrogens is 364 g/mol. The molecule has 0 aliphatic rings. The number of rotatable bonds is 8. The van der Waals surface area contributed by atoms with Crippen LogP contribution < -0.4 is 11.1 Å². The van der Waals surface area contributed by atoms with Gasteiger partial charge < -0.3 is 16.2 Å². The van der Waals surface area contributed by atoms with Crippen molar-refractivity contribution in [1.82, 2.24) is 5.32 Å². The molecule has 147 valence electrons. The number of nitrogens with two attached hydrogens (primary N) is 1. The van der Waals surface area contributed by atoms with E-state index in [-0.39, 0.29) is 11.7 Å². The molecule has 29 heavy (non-hydrogen) atoms. The highest BCUT2D eigenvalue weighted by Gasteiger charge is 2.18. The van der Waals surface area contributed by atoms with Crippen molar-refractivity contribution in [1.29, 1.82) is 0 Å². The Labute approximate surface area is 170 Å². The number of hydrogen-bond donors (Lipinski definition) is 3. The first-order valence-corrected chi connectivity index (χ1v) is 9.36. The minimum absolute atomic E-state index is 0.172. The minimum atomic E-state index is -0.791. The molecule has 0 spiro atoms. The Morgan fingerprint density at radius 2 is 1.45 bits per heavy atom. The van der Waals surface area contributed by atoms with Crippen LogP contribution in [0.4, 0.5) is 0 Å². The van der Waals surface area contributed by atoms with Gasteiger partial charge in [-0.25, -0.2) is 0 Å². The van der Waals surface area contributed by atoms with Crippen LogP contribution >= 0.6 is 0 Å². The number of carbonyl (C=O) groups is 2. The summed E-state index contributed by atoms with van der Waals surface area (Å²) in [6.07, 6.45) is 2.17. The van der Waals surface area contributed by atoms with Crippen molar-refractivity contribution in [2.75, 3.05) is 0 Å². The fraction of sp³-hybridized carbons (Fsp3) is 0.125. The number of nitrogens with one attached hydrogen (secondary N) is 1. The van der Waals surface area contributed by atoms with Gasteiger partial charge in [0.15, 0.2) is 0 Å². The fourth-order valence-electron chi connectivity index (χ4n) is 3.00. The maximum Gasteiger partial charge on any atom is 0.240 e. The van der Waals surface area contributed by atoms with Crippen molar-refractivity contribution >= 4 is 11.8 Å². The topological polar surface area (TPSA) is 92.4 Å². The molecule has 1 radical (unpaired) electrons. The molecule has 1 atom stereocenters. The fourth-order valence-corrected chi connectivity index (χ4v) is 3.00. The summed E-state index contributed by atoms with van der Waals surface area (Å²) in [5.41, 5.74) is 9.47. The zero-order valence-corrected chi connectivity index (χ0v) is 15.9. The normalized spacial score (nSPS) is 11.6. The van der Waals surface area contributed by atoms with Crippen LogP contribution in [0.3, 0.4) is 0 Å². The molecule has 0 unspecified atom stereocenters. The Hall–Kier alpha value is -3.60. The largest absolute Gasteiger partial charge is 0.508 e. The lowest BCUT2D eigenvalue weighted by molar-refractivity contribution is -0.125. The molecule has 2 amide bonds. The second kappa shape index (κ2) is 9.55. The summed E-state index contributed by atoms with van der Waals surface area (Å²) >= 11 is 0. The Bertz CT molecular complexity index is 952. The second-order valence-electron chi connectivity index (χ2n) is 6.81. The van der Waals surface area contributed by atoms with Crippen LogP contribution in [0, 0.1) is 6.42 Å². The molecule has 4 N–H and O–H groups in total. The number of benzene rings is 3. The Morgan fingerprint density at radius 1 is 0.862 bits per heavy atom. The van der Waals surface area contributed by atoms with E-state index in [0.717, 1.165) is 22.3 Å². The molecule has 0 heterocycles. The van der Waals surface area contributed by atoms with Crippen LogP contribution in [-0.4, -0.2) is 23.0 Å². The predicted molar refractivity (Wildman–Crippen MR) is 113 cm³/mol. The van der Waals surface area contributed by atoms with Crippen LogP contribution in [0.1, 0.15) is 11.1 Å². The smallest absolute Gasteiger partial charge is 0.240 e. The Balaban J connectivity index is 1.57. The van der Waals surface area contributed by atoms with E-state index in [4.69, 9.17) is 5.73 Å². The first-order chi connectivity index (χ1) is 14.0. The zero-order chi connectivity index (χ0) is 20.6. The number of phenolic OH excluding ortho intramolecular Hbond substituents is 1. The van der Waals surface area contributed by atoms with E-state index in [1.54, 1.807) is 24.3 Å². The summed E-state index contributed by atoms with van der Waals surface area (Å²) in [6, 6.07) is 23.6. The lowest BCUT2D eigenvalue weighted by Gasteiger charge is -2.16. The van der Waals surface area contributed by atoms with Crippen LogP contribution in [0.25, 0.3) is 11.1 Å². The van der Waals surface area contributed by atoms with Crippen molar-refractivity contribution in [3.63, 3.8) is 0 Å². The van der Waals surface area contributed by atoms with Crippen molar-refractivity contribution in [3.8, 4) is 16.9 Å². The summed E-state index contributed by atoms with van der Waals surface area (Å²) in [5, 5.41) is 12.0. The van der Waals surface area contributed by atoms with Crippen molar-refractivity contribution < 1.29 is 14.7 Å². The van der Waals surface area contributed by atoms with Crippen LogP contribution in [0.15, 0.2) is 78.9 Å². The molecule has 3 rings (SSSR count). The number of aromatic hydroxyl groups is 1. The molecule has 5 heteroatoms. The van der Waals surface area contributed by atoms with Gasteiger partial charge in [-0.15, -0.1) is 0 Å². The van der Waals surface area contributed by atoms with E-state index in [9.17, 15) is 14.7 Å². The number of primary amides is 1. The monoisotopic (exact) mass is 387 g/mol. The number of phenols is 1. The van der Waals surface area contributed by atoms with Crippen LogP contribution in [0.5, 0.6) is 5.75 Å². The Morgan fingerprint density at radius 3 is 2.07 bits per heavy atom. The molecule has 0 saturated heterocycles. The summed E-state index contributed by atoms with van der Waals surface area (Å²) < 4.78 is 0. The van der Waals surface area contributed by atoms with Gasteiger partial charge in [-0.3, -0.25) is 9.59 Å². The summed E-state index contributed by atoms with van der Waals surface area (Å²) in [7, 11) is 0. The van der Waals surface area contributed by atoms with Crippen molar-refractivity contribution in [2.24, 2.45) is 5.73 Å². The first-order valence-electron chi connectivity index (χ1n) is 9.36. The lowest BCUT2D eigenvalue weighted by Crippen LogP contribution is -2.46. The van der Waals surface area contributed by atoms with Crippen LogP contribution in [0.2, 0.25) is 0 Å². The standard InChI is InChI=1S/C24H23N2O3/c25-24(29)22(26-23(28)15-10-17-8-13-21(27)14-9-17)16-18-6-11-20(12-7-18)19-4-2-1-3-5-19/h1-9,11-15,22,27H,10,16H2,(H2,25,29)(H,26,28)/t22-/m0/s1. The van der Waals surface area contributed by atoms with Gasteiger partial charge >= 0.3 is 0 Å². The van der Waals surface area contributed by atoms with E-state index in [1.807, 2.05) is 54.6 Å². The van der Waals surface area contributed by atoms with Gasteiger partial charge in [0.05, 0.1) is 6.42 Å². The van der Waals surface area contributed by atoms with E-state index >= 15 is 0 Å². The molecule has 0 saturated carbocycles. The molecular formula is C24H23N2O3. The van der Waals surface area contributed by atoms with Gasteiger partial charge in [0.2, 0.25) is 11.8 Å². The number of amides is 2. The van der Waals surface area contributed by atoms with Gasteiger partial charge in [-0.2, -0.15) is 0 Å². The summed E-state index contributed by atoms with van der Waals surface area (Å²) in [4.78, 5) is 24.0. The molecule has 0 aromatic heterocycles. The van der Waals surface area contributed by atoms with Gasteiger partial charge in [0.25, 0.3) is 0 Å². The SMILES string of the molecule is NC(=O)[C@H](Cc1ccc(-c2ccccc2)cc1)NC(=O)[CH]Cc1ccc(O)cc1. The molecule has 0 bridgehead atoms. The van der Waals surface area contributed by atoms with Gasteiger partial charge in [-0.05, 0) is 40.8 Å². The second-order valence-corrected chi connectivity index (χ2v) is 6.81. The highest BCUT2D eigenvalue weighted by molar-refractivity contribution is 5.91. The third-order valence-corrected chi connectivity index (χ3v) is 4.62. The van der Waals surface area contributed by atoms with Gasteiger partial charge in [-0.1, -0.05) is 66.7 Å². The maximum absolute atomic E-state index is 12.2. The van der Waals surface area contributed by atoms with Crippen molar-refractivity contribution in [3.05, 3.63) is 96.4 Å². The summed E-state index contributed by atoms with van der Waals surface area (Å²) in [5.74, 6) is -0.767. The number of hydrogen-bond acceptors (Lipinski definition) is 3. The average Bonchev–Trinajstić information content (AvgIpc) is 2.74. The average molecular weight is 387 g/mol. The molecule has 0 fully saturated rings. The highest BCUT2D eigenvalue weighted by atomic mass is 16.3. The highest BCUT2D eigenvalue weighted by Crippen LogP contribution is 2.19. The van der Waals surface area contributed by atoms with E-state index in [0.29, 0.717) is 12.8 Å². The molecule has 5 nitrogen and oxygen atoms in total. The molecule has 0 aliphatic heterocycles. The van der Waals surface area contributed by atoms with Gasteiger partial charge in [0.1, 0.15) is 11.8 Å². The predicted octanol–water partition coefficient (Wildman–Crippen LogP) is 3.02. The van der Waals surface area contributed by atoms with E-state index in [2.05, 4.69) is 5.32 Å². The first kappa shape index (κ1) is 20.1. The molecule has 0 aliphatic carbocycles. The van der Waals surface area contributed by atoms with E-state index < -0.39 is 11.9 Å². The molecule has 3 aromatic carbocycles. The molecule has 3 aromatic rings. The Kier molecular flexibility index (Phi) is 6.63. The van der Waals surface area contributed by atoms with Crippen LogP contribution in [-0.2, 0) is 22.4 Å². The van der Waals surface area contributed by atoms with E-state index in [1.165, 1.54) is 6.42 Å². The number of carbonyl (C=O) groups excluding carboxylic acids is 2. The van der Waals surface area contributed by atoms with Crippen molar-refractivity contribution in [2.45, 2.75) is 18.9 Å². The summed E-state index contributed by atoms with van der Waals surface area (Å²) in [6.45, 7) is 0. The third kappa shape index (κ3) is 5.94. The van der Waals surface area contributed by atoms with Gasteiger partial charge in [0, 0.05) is 6.42 Å². The third-order valence-electron chi connectivity index (χ3n) is 4.62. The zero-order valence-electron chi connectivity index (χ0n) is 15.9. The quantitative estimate of drug-likeness (QED) is 0.555. The minimum Gasteiger partial charge on any atom is -0.508 e. The maximum atomic E-state index is 12.2. The lowest BCUT2D eigenvalue weighted by atomic mass is 10.00.